The summed E-state index contributed by atoms with van der Waals surface area (Å²) in [5.41, 5.74) is 7.29. The molecule has 1 aromatic carbocycles. The van der Waals surface area contributed by atoms with Gasteiger partial charge in [-0.05, 0) is 37.0 Å². The fourth-order valence-corrected chi connectivity index (χ4v) is 2.65. The molecule has 1 heterocycles. The minimum Gasteiger partial charge on any atom is -0.369 e. The number of piperidine rings is 1. The molecule has 1 saturated heterocycles. The summed E-state index contributed by atoms with van der Waals surface area (Å²) in [6, 6.07) is 7.83. The minimum atomic E-state index is -0.249. The summed E-state index contributed by atoms with van der Waals surface area (Å²) in [6.45, 7) is 3.37. The molecule has 20 heavy (non-hydrogen) atoms. The van der Waals surface area contributed by atoms with E-state index in [1.54, 1.807) is 0 Å². The quantitative estimate of drug-likeness (QED) is 0.912. The third kappa shape index (κ3) is 3.38. The van der Waals surface area contributed by atoms with E-state index >= 15 is 0 Å². The third-order valence-electron chi connectivity index (χ3n) is 3.92. The molecule has 0 atom stereocenters. The Morgan fingerprint density at radius 1 is 1.20 bits per heavy atom. The van der Waals surface area contributed by atoms with E-state index in [4.69, 9.17) is 5.73 Å². The van der Waals surface area contributed by atoms with E-state index in [-0.39, 0.29) is 17.7 Å². The Morgan fingerprint density at radius 3 is 2.30 bits per heavy atom. The van der Waals surface area contributed by atoms with Crippen molar-refractivity contribution in [3.8, 4) is 0 Å². The Morgan fingerprint density at radius 2 is 1.80 bits per heavy atom. The molecular formula is C16H22N2O2. The van der Waals surface area contributed by atoms with E-state index in [0.717, 1.165) is 18.4 Å². The fourth-order valence-electron chi connectivity index (χ4n) is 2.65. The Hall–Kier alpha value is -1.84. The molecule has 1 fully saturated rings. The van der Waals surface area contributed by atoms with Gasteiger partial charge in [-0.25, -0.2) is 0 Å². The summed E-state index contributed by atoms with van der Waals surface area (Å²) in [5.74, 6) is -0.275. The number of primary amides is 1. The highest BCUT2D eigenvalue weighted by molar-refractivity contribution is 5.94. The van der Waals surface area contributed by atoms with Crippen LogP contribution in [-0.4, -0.2) is 29.8 Å². The van der Waals surface area contributed by atoms with Crippen molar-refractivity contribution < 1.29 is 9.59 Å². The van der Waals surface area contributed by atoms with Crippen LogP contribution >= 0.6 is 0 Å². The van der Waals surface area contributed by atoms with Gasteiger partial charge in [0.25, 0.3) is 5.91 Å². The highest BCUT2D eigenvalue weighted by Crippen LogP contribution is 2.19. The molecule has 0 saturated carbocycles. The molecule has 2 N–H and O–H groups in total. The standard InChI is InChI=1S/C16H22N2O2/c1-2-3-12-4-6-14(7-5-12)16(20)18-10-8-13(9-11-18)15(17)19/h4-7,13H,2-3,8-11H2,1H3,(H2,17,19). The maximum absolute atomic E-state index is 12.4. The predicted octanol–water partition coefficient (Wildman–Crippen LogP) is 1.98. The van der Waals surface area contributed by atoms with Crippen LogP contribution in [0.4, 0.5) is 0 Å². The first-order chi connectivity index (χ1) is 9.61. The van der Waals surface area contributed by atoms with Gasteiger partial charge in [0.15, 0.2) is 0 Å². The Balaban J connectivity index is 1.96. The second-order valence-electron chi connectivity index (χ2n) is 5.42. The molecule has 1 aromatic rings. The van der Waals surface area contributed by atoms with Gasteiger partial charge in [-0.2, -0.15) is 0 Å². The normalized spacial score (nSPS) is 16.1. The van der Waals surface area contributed by atoms with Crippen molar-refractivity contribution in [3.63, 3.8) is 0 Å². The monoisotopic (exact) mass is 274 g/mol. The first kappa shape index (κ1) is 14.6. The summed E-state index contributed by atoms with van der Waals surface area (Å²) in [5, 5.41) is 0. The van der Waals surface area contributed by atoms with Crippen LogP contribution in [0.2, 0.25) is 0 Å². The van der Waals surface area contributed by atoms with Crippen LogP contribution in [0.25, 0.3) is 0 Å². The van der Waals surface area contributed by atoms with Crippen molar-refractivity contribution in [2.75, 3.05) is 13.1 Å². The van der Waals surface area contributed by atoms with Crippen molar-refractivity contribution in [2.45, 2.75) is 32.6 Å². The molecule has 108 valence electrons. The van der Waals surface area contributed by atoms with Crippen molar-refractivity contribution >= 4 is 11.8 Å². The molecule has 1 aliphatic heterocycles. The number of rotatable bonds is 4. The number of benzene rings is 1. The molecule has 0 radical (unpaired) electrons. The average Bonchev–Trinajstić information content (AvgIpc) is 2.48. The second kappa shape index (κ2) is 6.55. The lowest BCUT2D eigenvalue weighted by Crippen LogP contribution is -2.41. The second-order valence-corrected chi connectivity index (χ2v) is 5.42. The number of hydrogen-bond acceptors (Lipinski definition) is 2. The van der Waals surface area contributed by atoms with Gasteiger partial charge < -0.3 is 10.6 Å². The zero-order valence-electron chi connectivity index (χ0n) is 12.0. The van der Waals surface area contributed by atoms with E-state index in [1.807, 2.05) is 29.2 Å². The van der Waals surface area contributed by atoms with Gasteiger partial charge in [-0.1, -0.05) is 25.5 Å². The maximum Gasteiger partial charge on any atom is 0.253 e. The van der Waals surface area contributed by atoms with E-state index < -0.39 is 0 Å². The number of likely N-dealkylation sites (tertiary alicyclic amines) is 1. The number of carbonyl (C=O) groups is 2. The van der Waals surface area contributed by atoms with Crippen molar-refractivity contribution in [2.24, 2.45) is 11.7 Å². The Kier molecular flexibility index (Phi) is 4.77. The molecular weight excluding hydrogens is 252 g/mol. The zero-order chi connectivity index (χ0) is 14.5. The first-order valence-electron chi connectivity index (χ1n) is 7.29. The predicted molar refractivity (Wildman–Crippen MR) is 78.3 cm³/mol. The van der Waals surface area contributed by atoms with Crippen LogP contribution in [0.5, 0.6) is 0 Å². The lowest BCUT2D eigenvalue weighted by atomic mass is 9.95. The molecule has 0 unspecified atom stereocenters. The highest BCUT2D eigenvalue weighted by atomic mass is 16.2. The highest BCUT2D eigenvalue weighted by Gasteiger charge is 2.26. The summed E-state index contributed by atoms with van der Waals surface area (Å²) in [6.07, 6.45) is 3.50. The molecule has 1 aliphatic rings. The van der Waals surface area contributed by atoms with Gasteiger partial charge in [0.1, 0.15) is 0 Å². The molecule has 0 spiro atoms. The summed E-state index contributed by atoms with van der Waals surface area (Å²) >= 11 is 0. The molecule has 4 nitrogen and oxygen atoms in total. The topological polar surface area (TPSA) is 63.4 Å². The Labute approximate surface area is 119 Å². The van der Waals surface area contributed by atoms with Gasteiger partial charge in [0, 0.05) is 24.6 Å². The number of nitrogens with zero attached hydrogens (tertiary/aromatic N) is 1. The number of nitrogens with two attached hydrogens (primary N) is 1. The van der Waals surface area contributed by atoms with E-state index in [1.165, 1.54) is 5.56 Å². The fraction of sp³-hybridized carbons (Fsp3) is 0.500. The number of aryl methyl sites for hydroxylation is 1. The molecule has 4 heteroatoms. The lowest BCUT2D eigenvalue weighted by molar-refractivity contribution is -0.123. The van der Waals surface area contributed by atoms with Crippen LogP contribution in [0.1, 0.15) is 42.1 Å². The zero-order valence-corrected chi connectivity index (χ0v) is 12.0. The van der Waals surface area contributed by atoms with Gasteiger partial charge in [0.05, 0.1) is 0 Å². The number of amides is 2. The van der Waals surface area contributed by atoms with Gasteiger partial charge in [0.2, 0.25) is 5.91 Å². The number of hydrogen-bond donors (Lipinski definition) is 1. The lowest BCUT2D eigenvalue weighted by Gasteiger charge is -2.30. The van der Waals surface area contributed by atoms with Gasteiger partial charge in [-0.15, -0.1) is 0 Å². The van der Waals surface area contributed by atoms with E-state index in [2.05, 4.69) is 6.92 Å². The molecule has 2 rings (SSSR count). The smallest absolute Gasteiger partial charge is 0.253 e. The van der Waals surface area contributed by atoms with E-state index in [0.29, 0.717) is 25.9 Å². The molecule has 0 bridgehead atoms. The van der Waals surface area contributed by atoms with Crippen LogP contribution in [0.15, 0.2) is 24.3 Å². The molecule has 2 amide bonds. The average molecular weight is 274 g/mol. The first-order valence-corrected chi connectivity index (χ1v) is 7.29. The largest absolute Gasteiger partial charge is 0.369 e. The SMILES string of the molecule is CCCc1ccc(C(=O)N2CCC(C(N)=O)CC2)cc1. The molecule has 0 aliphatic carbocycles. The van der Waals surface area contributed by atoms with Crippen LogP contribution < -0.4 is 5.73 Å². The van der Waals surface area contributed by atoms with Crippen molar-refractivity contribution in [1.29, 1.82) is 0 Å². The summed E-state index contributed by atoms with van der Waals surface area (Å²) in [4.78, 5) is 25.3. The third-order valence-corrected chi connectivity index (χ3v) is 3.92. The molecule has 0 aromatic heterocycles. The maximum atomic E-state index is 12.4. The summed E-state index contributed by atoms with van der Waals surface area (Å²) < 4.78 is 0. The van der Waals surface area contributed by atoms with Gasteiger partial charge >= 0.3 is 0 Å². The van der Waals surface area contributed by atoms with Crippen LogP contribution in [0.3, 0.4) is 0 Å². The van der Waals surface area contributed by atoms with Crippen LogP contribution in [0, 0.1) is 5.92 Å². The van der Waals surface area contributed by atoms with Crippen molar-refractivity contribution in [1.82, 2.24) is 4.90 Å². The minimum absolute atomic E-state index is 0.0518. The summed E-state index contributed by atoms with van der Waals surface area (Å²) in [7, 11) is 0. The van der Waals surface area contributed by atoms with Crippen LogP contribution in [-0.2, 0) is 11.2 Å². The van der Waals surface area contributed by atoms with Gasteiger partial charge in [-0.3, -0.25) is 9.59 Å². The van der Waals surface area contributed by atoms with E-state index in [9.17, 15) is 9.59 Å². The number of carbonyl (C=O) groups excluding carboxylic acids is 2. The van der Waals surface area contributed by atoms with Crippen molar-refractivity contribution in [3.05, 3.63) is 35.4 Å². The Bertz CT molecular complexity index is 474.